The van der Waals surface area contributed by atoms with Crippen LogP contribution in [0.25, 0.3) is 10.9 Å². The third-order valence-corrected chi connectivity index (χ3v) is 10.3. The maximum atomic E-state index is 14.6. The first-order valence-corrected chi connectivity index (χ1v) is 19.0. The van der Waals surface area contributed by atoms with E-state index >= 15 is 0 Å². The number of hydrogen-bond acceptors (Lipinski definition) is 5. The number of likely N-dealkylation sites (tertiary alicyclic amines) is 1. The Labute approximate surface area is 308 Å². The van der Waals surface area contributed by atoms with Crippen molar-refractivity contribution in [3.8, 4) is 0 Å². The van der Waals surface area contributed by atoms with Gasteiger partial charge in [-0.1, -0.05) is 98.3 Å². The lowest BCUT2D eigenvalue weighted by atomic mass is 9.92. The standard InChI is InChI=1S/C45H52N4O3/c1-2-15-39(25-12-20-34-16-6-3-7-17-34)49(40-23-10-5-11-24-40)45(52)38-22-14-29-48(32-38)33-43(50)42(30-35-18-8-4-9-19-35)47-44(51)37-26-27-41-36(31-37)21-13-28-46-41/h3-11,13,16-19,21,23-24,26-28,31,38-39,42-43,50H,2,12,14-15,20,22,25,29-30,32-33H2,1H3,(H,47,51). The number of para-hydroxylation sites is 1. The molecule has 2 heterocycles. The molecule has 4 atom stereocenters. The van der Waals surface area contributed by atoms with E-state index in [4.69, 9.17) is 0 Å². The van der Waals surface area contributed by atoms with Crippen molar-refractivity contribution in [2.75, 3.05) is 24.5 Å². The fourth-order valence-electron chi connectivity index (χ4n) is 7.66. The van der Waals surface area contributed by atoms with Crippen LogP contribution < -0.4 is 10.2 Å². The zero-order valence-electron chi connectivity index (χ0n) is 30.3. The van der Waals surface area contributed by atoms with Gasteiger partial charge in [-0.15, -0.1) is 0 Å². The second-order valence-electron chi connectivity index (χ2n) is 14.2. The number of aliphatic hydroxyl groups excluding tert-OH is 1. The summed E-state index contributed by atoms with van der Waals surface area (Å²) in [5, 5.41) is 15.8. The molecule has 4 unspecified atom stereocenters. The number of β-amino-alcohol motifs (C(OH)–C–C–N with tert-alkyl or cyclic N) is 1. The first-order chi connectivity index (χ1) is 25.5. The third-order valence-electron chi connectivity index (χ3n) is 10.3. The molecule has 7 heteroatoms. The Morgan fingerprint density at radius 3 is 2.33 bits per heavy atom. The van der Waals surface area contributed by atoms with Crippen molar-refractivity contribution in [3.05, 3.63) is 144 Å². The highest BCUT2D eigenvalue weighted by molar-refractivity contribution is 5.98. The van der Waals surface area contributed by atoms with Gasteiger partial charge in [0.2, 0.25) is 5.91 Å². The van der Waals surface area contributed by atoms with Gasteiger partial charge in [-0.3, -0.25) is 19.5 Å². The van der Waals surface area contributed by atoms with Crippen LogP contribution in [0.5, 0.6) is 0 Å². The number of amides is 2. The van der Waals surface area contributed by atoms with E-state index in [-0.39, 0.29) is 23.8 Å². The quantitative estimate of drug-likeness (QED) is 0.110. The number of carbonyl (C=O) groups is 2. The maximum Gasteiger partial charge on any atom is 0.251 e. The molecular formula is C45H52N4O3. The minimum atomic E-state index is -0.837. The van der Waals surface area contributed by atoms with Gasteiger partial charge in [0, 0.05) is 42.0 Å². The summed E-state index contributed by atoms with van der Waals surface area (Å²) in [4.78, 5) is 36.9. The molecule has 1 aliphatic rings. The smallest absolute Gasteiger partial charge is 0.251 e. The average molecular weight is 697 g/mol. The molecule has 1 fully saturated rings. The predicted molar refractivity (Wildman–Crippen MR) is 210 cm³/mol. The fraction of sp³-hybridized carbons (Fsp3) is 0.356. The Morgan fingerprint density at radius 1 is 0.885 bits per heavy atom. The van der Waals surface area contributed by atoms with Gasteiger partial charge >= 0.3 is 0 Å². The van der Waals surface area contributed by atoms with Gasteiger partial charge in [0.25, 0.3) is 5.91 Å². The minimum absolute atomic E-state index is 0.112. The van der Waals surface area contributed by atoms with Crippen LogP contribution >= 0.6 is 0 Å². The van der Waals surface area contributed by atoms with Crippen molar-refractivity contribution in [2.45, 2.75) is 76.5 Å². The lowest BCUT2D eigenvalue weighted by Gasteiger charge is -2.39. The minimum Gasteiger partial charge on any atom is -0.390 e. The summed E-state index contributed by atoms with van der Waals surface area (Å²) < 4.78 is 0. The zero-order valence-corrected chi connectivity index (χ0v) is 30.3. The fourth-order valence-corrected chi connectivity index (χ4v) is 7.66. The molecule has 2 amide bonds. The van der Waals surface area contributed by atoms with Crippen LogP contribution in [0.2, 0.25) is 0 Å². The first kappa shape index (κ1) is 36.9. The Morgan fingerprint density at radius 2 is 1.60 bits per heavy atom. The number of aromatic nitrogens is 1. The summed E-state index contributed by atoms with van der Waals surface area (Å²) in [6, 6.07) is 39.6. The van der Waals surface area contributed by atoms with Crippen molar-refractivity contribution < 1.29 is 14.7 Å². The number of nitrogens with one attached hydrogen (secondary N) is 1. The molecule has 0 saturated carbocycles. The van der Waals surface area contributed by atoms with Gasteiger partial charge in [-0.05, 0) is 99.0 Å². The van der Waals surface area contributed by atoms with Crippen LogP contribution in [0.3, 0.4) is 0 Å². The van der Waals surface area contributed by atoms with Crippen LogP contribution in [0, 0.1) is 5.92 Å². The highest BCUT2D eigenvalue weighted by Gasteiger charge is 2.35. The Balaban J connectivity index is 1.15. The molecule has 0 aliphatic carbocycles. The van der Waals surface area contributed by atoms with Crippen molar-refractivity contribution in [1.29, 1.82) is 0 Å². The molecule has 7 nitrogen and oxygen atoms in total. The van der Waals surface area contributed by atoms with Gasteiger partial charge in [-0.2, -0.15) is 0 Å². The molecule has 5 aromatic rings. The van der Waals surface area contributed by atoms with Gasteiger partial charge in [0.05, 0.1) is 23.6 Å². The largest absolute Gasteiger partial charge is 0.390 e. The average Bonchev–Trinajstić information content (AvgIpc) is 3.19. The molecule has 0 bridgehead atoms. The van der Waals surface area contributed by atoms with Gasteiger partial charge in [-0.25, -0.2) is 0 Å². The lowest BCUT2D eigenvalue weighted by molar-refractivity contribution is -0.124. The molecule has 52 heavy (non-hydrogen) atoms. The van der Waals surface area contributed by atoms with E-state index in [2.05, 4.69) is 69.5 Å². The normalized spacial score (nSPS) is 16.5. The molecule has 0 spiro atoms. The van der Waals surface area contributed by atoms with E-state index in [1.807, 2.05) is 72.8 Å². The second-order valence-corrected chi connectivity index (χ2v) is 14.2. The first-order valence-electron chi connectivity index (χ1n) is 19.0. The molecule has 270 valence electrons. The van der Waals surface area contributed by atoms with E-state index in [1.165, 1.54) is 5.56 Å². The number of rotatable bonds is 16. The monoisotopic (exact) mass is 696 g/mol. The van der Waals surface area contributed by atoms with E-state index in [1.54, 1.807) is 12.3 Å². The molecule has 1 aromatic heterocycles. The third kappa shape index (κ3) is 9.93. The number of hydrogen-bond donors (Lipinski definition) is 2. The summed E-state index contributed by atoms with van der Waals surface area (Å²) in [5.41, 5.74) is 4.68. The van der Waals surface area contributed by atoms with Gasteiger partial charge in [0.1, 0.15) is 0 Å². The highest BCUT2D eigenvalue weighted by atomic mass is 16.3. The summed E-state index contributed by atoms with van der Waals surface area (Å²) in [5.74, 6) is -0.239. The van der Waals surface area contributed by atoms with Crippen molar-refractivity contribution in [2.24, 2.45) is 5.92 Å². The number of fused-ring (bicyclic) bond motifs is 1. The summed E-state index contributed by atoms with van der Waals surface area (Å²) >= 11 is 0. The Bertz CT molecular complexity index is 1850. The number of nitrogens with zero attached hydrogens (tertiary/aromatic N) is 3. The highest BCUT2D eigenvalue weighted by Crippen LogP contribution is 2.29. The SMILES string of the molecule is CCCC(CCCc1ccccc1)N(C(=O)C1CCCN(CC(O)C(Cc2ccccc2)NC(=O)c2ccc3ncccc3c2)C1)c1ccccc1. The van der Waals surface area contributed by atoms with E-state index in [0.717, 1.165) is 73.6 Å². The molecule has 4 aromatic carbocycles. The van der Waals surface area contributed by atoms with E-state index < -0.39 is 12.1 Å². The second kappa shape index (κ2) is 18.6. The predicted octanol–water partition coefficient (Wildman–Crippen LogP) is 7.87. The maximum absolute atomic E-state index is 14.6. The molecule has 1 aliphatic heterocycles. The topological polar surface area (TPSA) is 85.8 Å². The molecule has 1 saturated heterocycles. The Kier molecular flexibility index (Phi) is 13.2. The van der Waals surface area contributed by atoms with E-state index in [9.17, 15) is 14.7 Å². The number of aryl methyl sites for hydroxylation is 1. The lowest BCUT2D eigenvalue weighted by Crippen LogP contribution is -2.53. The number of piperidine rings is 1. The zero-order chi connectivity index (χ0) is 36.1. The number of aliphatic hydroxyl groups is 1. The molecule has 0 radical (unpaired) electrons. The van der Waals surface area contributed by atoms with Crippen molar-refractivity contribution in [1.82, 2.24) is 15.2 Å². The van der Waals surface area contributed by atoms with Crippen LogP contribution in [0.1, 0.15) is 66.9 Å². The van der Waals surface area contributed by atoms with Crippen LogP contribution in [-0.2, 0) is 17.6 Å². The van der Waals surface area contributed by atoms with Crippen molar-refractivity contribution in [3.63, 3.8) is 0 Å². The summed E-state index contributed by atoms with van der Waals surface area (Å²) in [6.45, 7) is 3.94. The number of benzene rings is 4. The van der Waals surface area contributed by atoms with Gasteiger partial charge < -0.3 is 15.3 Å². The Hall–Kier alpha value is -4.85. The van der Waals surface area contributed by atoms with E-state index in [0.29, 0.717) is 25.1 Å². The molecular weight excluding hydrogens is 645 g/mol. The van der Waals surface area contributed by atoms with Crippen LogP contribution in [-0.4, -0.2) is 64.6 Å². The summed E-state index contributed by atoms with van der Waals surface area (Å²) in [6.07, 6.45) is 7.97. The number of anilines is 1. The van der Waals surface area contributed by atoms with Crippen LogP contribution in [0.4, 0.5) is 5.69 Å². The number of carbonyl (C=O) groups excluding carboxylic acids is 2. The summed E-state index contributed by atoms with van der Waals surface area (Å²) in [7, 11) is 0. The molecule has 6 rings (SSSR count). The van der Waals surface area contributed by atoms with Crippen LogP contribution in [0.15, 0.2) is 128 Å². The van der Waals surface area contributed by atoms with Crippen molar-refractivity contribution >= 4 is 28.4 Å². The number of pyridine rings is 1. The van der Waals surface area contributed by atoms with Gasteiger partial charge in [0.15, 0.2) is 0 Å². The molecule has 2 N–H and O–H groups in total.